The van der Waals surface area contributed by atoms with Gasteiger partial charge in [-0.1, -0.05) is 23.7 Å². The molecule has 0 aromatic heterocycles. The van der Waals surface area contributed by atoms with Crippen LogP contribution in [0.2, 0.25) is 5.02 Å². The predicted octanol–water partition coefficient (Wildman–Crippen LogP) is 4.60. The fourth-order valence-corrected chi connectivity index (χ4v) is 3.68. The van der Waals surface area contributed by atoms with Gasteiger partial charge in [-0.05, 0) is 56.7 Å². The van der Waals surface area contributed by atoms with Crippen molar-refractivity contribution in [2.45, 2.75) is 39.5 Å². The predicted molar refractivity (Wildman–Crippen MR) is 112 cm³/mol. The number of nitrogens with one attached hydrogen (secondary N) is 1. The quantitative estimate of drug-likeness (QED) is 0.767. The van der Waals surface area contributed by atoms with Crippen LogP contribution in [0.25, 0.3) is 0 Å². The van der Waals surface area contributed by atoms with Gasteiger partial charge in [0.05, 0.1) is 24.5 Å². The number of benzene rings is 2. The zero-order chi connectivity index (χ0) is 20.1. The molecule has 2 aromatic carbocycles. The van der Waals surface area contributed by atoms with Gasteiger partial charge < -0.3 is 14.8 Å². The number of nitrogens with zero attached hydrogens (tertiary/aromatic N) is 1. The van der Waals surface area contributed by atoms with Crippen molar-refractivity contribution in [3.8, 4) is 5.75 Å². The largest absolute Gasteiger partial charge is 0.492 e. The van der Waals surface area contributed by atoms with Gasteiger partial charge >= 0.3 is 0 Å². The Balaban J connectivity index is 1.65. The van der Waals surface area contributed by atoms with Crippen LogP contribution < -0.4 is 10.1 Å². The Labute approximate surface area is 171 Å². The van der Waals surface area contributed by atoms with Crippen LogP contribution in [0.4, 0.5) is 5.69 Å². The molecule has 6 heteroatoms. The molecule has 1 saturated heterocycles. The number of rotatable bonds is 6. The van der Waals surface area contributed by atoms with E-state index in [1.165, 1.54) is 5.56 Å². The van der Waals surface area contributed by atoms with Gasteiger partial charge in [-0.2, -0.15) is 0 Å². The van der Waals surface area contributed by atoms with Gasteiger partial charge in [-0.3, -0.25) is 9.69 Å². The Hall–Kier alpha value is -2.08. The summed E-state index contributed by atoms with van der Waals surface area (Å²) in [5, 5.41) is 3.43. The summed E-state index contributed by atoms with van der Waals surface area (Å²) >= 11 is 6.06. The Morgan fingerprint density at radius 2 is 1.86 bits per heavy atom. The smallest absolute Gasteiger partial charge is 0.255 e. The maximum atomic E-state index is 12.6. The minimum atomic E-state index is -0.191. The lowest BCUT2D eigenvalue weighted by molar-refractivity contribution is -0.0704. The van der Waals surface area contributed by atoms with Gasteiger partial charge in [0, 0.05) is 30.2 Å². The first kappa shape index (κ1) is 20.6. The van der Waals surface area contributed by atoms with Crippen molar-refractivity contribution >= 4 is 23.2 Å². The van der Waals surface area contributed by atoms with Crippen LogP contribution in [0, 0.1) is 0 Å². The number of halogens is 1. The lowest BCUT2D eigenvalue weighted by Crippen LogP contribution is -2.44. The van der Waals surface area contributed by atoms with E-state index in [0.717, 1.165) is 19.6 Å². The minimum absolute atomic E-state index is 0.191. The molecule has 3 rings (SSSR count). The lowest BCUT2D eigenvalue weighted by atomic mass is 10.1. The number of hydrogen-bond acceptors (Lipinski definition) is 4. The van der Waals surface area contributed by atoms with Gasteiger partial charge in [-0.15, -0.1) is 0 Å². The summed E-state index contributed by atoms with van der Waals surface area (Å²) in [4.78, 5) is 15.0. The molecule has 5 nitrogen and oxygen atoms in total. The molecular weight excluding hydrogens is 376 g/mol. The number of carbonyl (C=O) groups excluding carboxylic acids is 1. The third-order valence-corrected chi connectivity index (χ3v) is 4.84. The average Bonchev–Trinajstić information content (AvgIpc) is 2.64. The van der Waals surface area contributed by atoms with Crippen LogP contribution in [0.1, 0.15) is 36.7 Å². The standard InChI is InChI=1S/C22H27ClN2O3/c1-4-27-21-10-9-19(23)11-20(21)24-22(26)18-7-5-17(6-8-18)14-25-12-15(2)28-16(3)13-25/h5-11,15-16H,4,12-14H2,1-3H3,(H,24,26). The summed E-state index contributed by atoms with van der Waals surface area (Å²) in [6.07, 6.45) is 0.483. The Kier molecular flexibility index (Phi) is 6.94. The molecule has 0 aliphatic carbocycles. The highest BCUT2D eigenvalue weighted by Crippen LogP contribution is 2.28. The molecule has 1 amide bonds. The van der Waals surface area contributed by atoms with Gasteiger partial charge in [0.1, 0.15) is 5.75 Å². The molecule has 2 atom stereocenters. The van der Waals surface area contributed by atoms with Crippen LogP contribution in [0.15, 0.2) is 42.5 Å². The van der Waals surface area contributed by atoms with Crippen molar-refractivity contribution in [2.24, 2.45) is 0 Å². The molecule has 1 aliphatic rings. The van der Waals surface area contributed by atoms with Crippen LogP contribution in [-0.2, 0) is 11.3 Å². The van der Waals surface area contributed by atoms with Crippen LogP contribution in [0.3, 0.4) is 0 Å². The number of hydrogen-bond donors (Lipinski definition) is 1. The second-order valence-corrected chi connectivity index (χ2v) is 7.61. The Morgan fingerprint density at radius 3 is 2.50 bits per heavy atom. The summed E-state index contributed by atoms with van der Waals surface area (Å²) < 4.78 is 11.3. The van der Waals surface area contributed by atoms with Crippen LogP contribution in [-0.4, -0.2) is 42.7 Å². The summed E-state index contributed by atoms with van der Waals surface area (Å²) in [6, 6.07) is 12.9. The van der Waals surface area contributed by atoms with Gasteiger partial charge in [-0.25, -0.2) is 0 Å². The van der Waals surface area contributed by atoms with E-state index in [1.54, 1.807) is 18.2 Å². The summed E-state index contributed by atoms with van der Waals surface area (Å²) in [5.74, 6) is 0.413. The molecule has 1 heterocycles. The zero-order valence-corrected chi connectivity index (χ0v) is 17.3. The summed E-state index contributed by atoms with van der Waals surface area (Å²) in [6.45, 7) is 9.30. The van der Waals surface area contributed by atoms with Crippen molar-refractivity contribution in [1.82, 2.24) is 4.90 Å². The molecular formula is C22H27ClN2O3. The van der Waals surface area contributed by atoms with E-state index in [-0.39, 0.29) is 18.1 Å². The highest BCUT2D eigenvalue weighted by atomic mass is 35.5. The third-order valence-electron chi connectivity index (χ3n) is 4.61. The van der Waals surface area contributed by atoms with Gasteiger partial charge in [0.25, 0.3) is 5.91 Å². The molecule has 0 bridgehead atoms. The third kappa shape index (κ3) is 5.47. The van der Waals surface area contributed by atoms with Crippen molar-refractivity contribution in [2.75, 3.05) is 25.0 Å². The molecule has 0 radical (unpaired) electrons. The monoisotopic (exact) mass is 402 g/mol. The minimum Gasteiger partial charge on any atom is -0.492 e. The average molecular weight is 403 g/mol. The molecule has 0 spiro atoms. The van der Waals surface area contributed by atoms with Crippen molar-refractivity contribution in [1.29, 1.82) is 0 Å². The Bertz CT molecular complexity index is 800. The lowest BCUT2D eigenvalue weighted by Gasteiger charge is -2.35. The van der Waals surface area contributed by atoms with E-state index in [0.29, 0.717) is 28.6 Å². The molecule has 2 aromatic rings. The molecule has 1 fully saturated rings. The Morgan fingerprint density at radius 1 is 1.18 bits per heavy atom. The maximum absolute atomic E-state index is 12.6. The van der Waals surface area contributed by atoms with Crippen LogP contribution >= 0.6 is 11.6 Å². The molecule has 1 N–H and O–H groups in total. The molecule has 1 aliphatic heterocycles. The summed E-state index contributed by atoms with van der Waals surface area (Å²) in [7, 11) is 0. The number of anilines is 1. The maximum Gasteiger partial charge on any atom is 0.255 e. The number of amides is 1. The first-order valence-corrected chi connectivity index (χ1v) is 10.0. The second-order valence-electron chi connectivity index (χ2n) is 7.18. The number of carbonyl (C=O) groups is 1. The molecule has 150 valence electrons. The number of morpholine rings is 1. The fraction of sp³-hybridized carbons (Fsp3) is 0.409. The van der Waals surface area contributed by atoms with Crippen molar-refractivity contribution in [3.63, 3.8) is 0 Å². The van der Waals surface area contributed by atoms with Crippen molar-refractivity contribution in [3.05, 3.63) is 58.6 Å². The molecule has 0 saturated carbocycles. The topological polar surface area (TPSA) is 50.8 Å². The first-order valence-electron chi connectivity index (χ1n) is 9.65. The van der Waals surface area contributed by atoms with E-state index in [9.17, 15) is 4.79 Å². The summed E-state index contributed by atoms with van der Waals surface area (Å²) in [5.41, 5.74) is 2.34. The van der Waals surface area contributed by atoms with Crippen molar-refractivity contribution < 1.29 is 14.3 Å². The fourth-order valence-electron chi connectivity index (χ4n) is 3.51. The number of ether oxygens (including phenoxy) is 2. The SMILES string of the molecule is CCOc1ccc(Cl)cc1NC(=O)c1ccc(CN2CC(C)OC(C)C2)cc1. The van der Waals surface area contributed by atoms with Gasteiger partial charge in [0.2, 0.25) is 0 Å². The van der Waals surface area contributed by atoms with Gasteiger partial charge in [0.15, 0.2) is 0 Å². The molecule has 28 heavy (non-hydrogen) atoms. The molecule has 2 unspecified atom stereocenters. The zero-order valence-electron chi connectivity index (χ0n) is 16.6. The van der Waals surface area contributed by atoms with E-state index in [2.05, 4.69) is 24.1 Å². The highest BCUT2D eigenvalue weighted by Gasteiger charge is 2.22. The van der Waals surface area contributed by atoms with E-state index in [1.807, 2.05) is 31.2 Å². The first-order chi connectivity index (χ1) is 13.4. The van der Waals surface area contributed by atoms with E-state index < -0.39 is 0 Å². The van der Waals surface area contributed by atoms with Crippen LogP contribution in [0.5, 0.6) is 5.75 Å². The normalized spacial score (nSPS) is 20.0. The second kappa shape index (κ2) is 9.41. The highest BCUT2D eigenvalue weighted by molar-refractivity contribution is 6.31. The van der Waals surface area contributed by atoms with E-state index >= 15 is 0 Å². The van der Waals surface area contributed by atoms with E-state index in [4.69, 9.17) is 21.1 Å².